The number of halogens is 1. The number of aromatic nitrogens is 2. The topological polar surface area (TPSA) is 60.4 Å². The second-order valence-electron chi connectivity index (χ2n) is 2.06. The lowest BCUT2D eigenvalue weighted by Gasteiger charge is -1.84. The van der Waals surface area contributed by atoms with E-state index in [0.717, 1.165) is 4.60 Å². The maximum Gasteiger partial charge on any atom is 0.400 e. The number of nitrogens with zero attached hydrogens (tertiary/aromatic N) is 3. The van der Waals surface area contributed by atoms with Crippen molar-refractivity contribution in [3.63, 3.8) is 0 Å². The van der Waals surface area contributed by atoms with Crippen LogP contribution in [0, 0.1) is 10.1 Å². The van der Waals surface area contributed by atoms with Gasteiger partial charge >= 0.3 is 5.82 Å². The minimum Gasteiger partial charge on any atom is -0.358 e. The van der Waals surface area contributed by atoms with Crippen molar-refractivity contribution in [2.75, 3.05) is 0 Å². The highest BCUT2D eigenvalue weighted by molar-refractivity contribution is 9.10. The first kappa shape index (κ1) is 7.69. The van der Waals surface area contributed by atoms with E-state index in [1.54, 1.807) is 9.78 Å². The minimum atomic E-state index is -0.488. The summed E-state index contributed by atoms with van der Waals surface area (Å²) in [5.74, 6) is -0.0919. The van der Waals surface area contributed by atoms with Crippen LogP contribution in [-0.2, 0) is 0 Å². The molecule has 0 atom stereocenters. The molecule has 0 unspecified atom stereocenters. The summed E-state index contributed by atoms with van der Waals surface area (Å²) in [6.45, 7) is 0. The van der Waals surface area contributed by atoms with Gasteiger partial charge in [-0.05, 0) is 25.8 Å². The first-order chi connectivity index (χ1) is 5.70. The Morgan fingerprint density at radius 2 is 2.50 bits per heavy atom. The van der Waals surface area contributed by atoms with Crippen molar-refractivity contribution < 1.29 is 4.92 Å². The average Bonchev–Trinajstić information content (AvgIpc) is 2.53. The highest BCUT2D eigenvalue weighted by Crippen LogP contribution is 2.27. The van der Waals surface area contributed by atoms with Gasteiger partial charge in [-0.2, -0.15) is 0 Å². The number of fused-ring (bicyclic) bond motifs is 1. The largest absolute Gasteiger partial charge is 0.400 e. The molecule has 7 heteroatoms. The van der Waals surface area contributed by atoms with Crippen LogP contribution in [0.25, 0.3) is 4.83 Å². The van der Waals surface area contributed by atoms with Crippen molar-refractivity contribution >= 4 is 37.9 Å². The Morgan fingerprint density at radius 1 is 1.75 bits per heavy atom. The van der Waals surface area contributed by atoms with Gasteiger partial charge in [0.05, 0.1) is 0 Å². The molecular formula is C5H2BrN3O2S. The van der Waals surface area contributed by atoms with Crippen molar-refractivity contribution in [2.45, 2.75) is 0 Å². The molecule has 62 valence electrons. The minimum absolute atomic E-state index is 0.0919. The third-order valence-corrected chi connectivity index (χ3v) is 3.23. The van der Waals surface area contributed by atoms with Crippen LogP contribution in [0.15, 0.2) is 16.3 Å². The van der Waals surface area contributed by atoms with E-state index < -0.39 is 4.92 Å². The van der Waals surface area contributed by atoms with Crippen molar-refractivity contribution in [2.24, 2.45) is 0 Å². The first-order valence-electron chi connectivity index (χ1n) is 2.94. The van der Waals surface area contributed by atoms with Gasteiger partial charge in [0.25, 0.3) is 0 Å². The average molecular weight is 248 g/mol. The summed E-state index contributed by atoms with van der Waals surface area (Å²) in [7, 11) is 0. The van der Waals surface area contributed by atoms with Crippen LogP contribution in [0.5, 0.6) is 0 Å². The Morgan fingerprint density at radius 3 is 3.17 bits per heavy atom. The maximum atomic E-state index is 10.4. The van der Waals surface area contributed by atoms with Gasteiger partial charge in [0.2, 0.25) is 11.2 Å². The van der Waals surface area contributed by atoms with E-state index in [9.17, 15) is 10.1 Å². The summed E-state index contributed by atoms with van der Waals surface area (Å²) >= 11 is 4.53. The van der Waals surface area contributed by atoms with Crippen molar-refractivity contribution in [3.05, 3.63) is 26.4 Å². The van der Waals surface area contributed by atoms with Crippen LogP contribution in [0.3, 0.4) is 0 Å². The summed E-state index contributed by atoms with van der Waals surface area (Å²) in [5.41, 5.74) is 0. The van der Waals surface area contributed by atoms with E-state index in [2.05, 4.69) is 20.9 Å². The molecule has 0 aliphatic rings. The van der Waals surface area contributed by atoms with Crippen LogP contribution in [-0.4, -0.2) is 14.3 Å². The summed E-state index contributed by atoms with van der Waals surface area (Å²) in [6.07, 6.45) is 1.42. The van der Waals surface area contributed by atoms with Crippen LogP contribution >= 0.6 is 27.3 Å². The monoisotopic (exact) mass is 247 g/mol. The fourth-order valence-corrected chi connectivity index (χ4v) is 2.36. The van der Waals surface area contributed by atoms with E-state index in [-0.39, 0.29) is 5.82 Å². The van der Waals surface area contributed by atoms with Gasteiger partial charge in [0.15, 0.2) is 0 Å². The smallest absolute Gasteiger partial charge is 0.358 e. The first-order valence-corrected chi connectivity index (χ1v) is 4.62. The van der Waals surface area contributed by atoms with E-state index in [4.69, 9.17) is 0 Å². The van der Waals surface area contributed by atoms with Gasteiger partial charge in [-0.3, -0.25) is 4.40 Å². The van der Waals surface area contributed by atoms with Crippen molar-refractivity contribution in [3.8, 4) is 0 Å². The van der Waals surface area contributed by atoms with Gasteiger partial charge in [0, 0.05) is 5.38 Å². The molecular weight excluding hydrogens is 246 g/mol. The molecule has 0 radical (unpaired) electrons. The fraction of sp³-hybridized carbons (Fsp3) is 0. The highest BCUT2D eigenvalue weighted by atomic mass is 79.9. The Labute approximate surface area is 78.9 Å². The molecule has 0 amide bonds. The van der Waals surface area contributed by atoms with E-state index >= 15 is 0 Å². The summed E-state index contributed by atoms with van der Waals surface area (Å²) in [4.78, 5) is 14.1. The van der Waals surface area contributed by atoms with E-state index in [0.29, 0.717) is 4.83 Å². The number of rotatable bonds is 1. The molecule has 2 aromatic rings. The zero-order chi connectivity index (χ0) is 8.72. The van der Waals surface area contributed by atoms with Gasteiger partial charge in [-0.15, -0.1) is 11.3 Å². The summed E-state index contributed by atoms with van der Waals surface area (Å²) < 4.78 is 2.41. The molecule has 2 heterocycles. The Bertz CT molecular complexity index is 448. The van der Waals surface area contributed by atoms with E-state index in [1.807, 2.05) is 0 Å². The Hall–Kier alpha value is -0.950. The van der Waals surface area contributed by atoms with Gasteiger partial charge in [0.1, 0.15) is 4.60 Å². The lowest BCUT2D eigenvalue weighted by atomic mass is 10.8. The van der Waals surface area contributed by atoms with Gasteiger partial charge in [-0.25, -0.2) is 0 Å². The lowest BCUT2D eigenvalue weighted by Crippen LogP contribution is -1.86. The molecule has 2 aromatic heterocycles. The SMILES string of the molecule is O=[N+]([O-])c1ncn2c(Br)csc12. The van der Waals surface area contributed by atoms with Gasteiger partial charge in [-0.1, -0.05) is 0 Å². The second-order valence-corrected chi connectivity index (χ2v) is 3.73. The zero-order valence-corrected chi connectivity index (χ0v) is 8.00. The van der Waals surface area contributed by atoms with E-state index in [1.165, 1.54) is 17.7 Å². The number of thiazole rings is 1. The molecule has 0 saturated carbocycles. The maximum absolute atomic E-state index is 10.4. The van der Waals surface area contributed by atoms with Crippen LogP contribution in [0.1, 0.15) is 0 Å². The number of imidazole rings is 1. The van der Waals surface area contributed by atoms with Gasteiger partial charge < -0.3 is 10.1 Å². The summed E-state index contributed by atoms with van der Waals surface area (Å²) in [6, 6.07) is 0. The third kappa shape index (κ3) is 0.935. The number of nitro groups is 1. The molecule has 0 aliphatic heterocycles. The molecule has 2 rings (SSSR count). The molecule has 0 aromatic carbocycles. The van der Waals surface area contributed by atoms with Crippen LogP contribution in [0.2, 0.25) is 0 Å². The molecule has 0 spiro atoms. The molecule has 0 fully saturated rings. The Balaban J connectivity index is 2.79. The predicted octanol–water partition coefficient (Wildman–Crippen LogP) is 2.07. The zero-order valence-electron chi connectivity index (χ0n) is 5.60. The van der Waals surface area contributed by atoms with Crippen LogP contribution in [0.4, 0.5) is 5.82 Å². The molecule has 12 heavy (non-hydrogen) atoms. The number of hydrogen-bond donors (Lipinski definition) is 0. The highest BCUT2D eigenvalue weighted by Gasteiger charge is 2.18. The standard InChI is InChI=1S/C5H2BrN3O2S/c6-3-1-12-5-4(9(10)11)7-2-8(3)5/h1-2H. The molecule has 0 aliphatic carbocycles. The Kier molecular flexibility index (Phi) is 1.62. The molecule has 0 N–H and O–H groups in total. The predicted molar refractivity (Wildman–Crippen MR) is 47.4 cm³/mol. The summed E-state index contributed by atoms with van der Waals surface area (Å²) in [5, 5.41) is 12.2. The number of hydrogen-bond acceptors (Lipinski definition) is 4. The molecule has 0 saturated heterocycles. The van der Waals surface area contributed by atoms with Crippen molar-refractivity contribution in [1.29, 1.82) is 0 Å². The lowest BCUT2D eigenvalue weighted by molar-refractivity contribution is -0.387. The normalized spacial score (nSPS) is 10.8. The fourth-order valence-electron chi connectivity index (χ4n) is 0.876. The van der Waals surface area contributed by atoms with Crippen LogP contribution < -0.4 is 0 Å². The molecule has 0 bridgehead atoms. The second kappa shape index (κ2) is 2.53. The third-order valence-electron chi connectivity index (χ3n) is 1.38. The quantitative estimate of drug-likeness (QED) is 0.573. The molecule has 5 nitrogen and oxygen atoms in total. The van der Waals surface area contributed by atoms with Crippen molar-refractivity contribution in [1.82, 2.24) is 9.38 Å².